The van der Waals surface area contributed by atoms with E-state index in [1.54, 1.807) is 12.1 Å². The van der Waals surface area contributed by atoms with Crippen LogP contribution in [0.5, 0.6) is 5.88 Å². The van der Waals surface area contributed by atoms with Gasteiger partial charge in [0.15, 0.2) is 5.82 Å². The number of fused-ring (bicyclic) bond motifs is 1. The van der Waals surface area contributed by atoms with E-state index >= 15 is 0 Å². The van der Waals surface area contributed by atoms with Crippen LogP contribution in [0.1, 0.15) is 48.5 Å². The second-order valence-corrected chi connectivity index (χ2v) is 7.43. The minimum Gasteiger partial charge on any atom is -0.492 e. The van der Waals surface area contributed by atoms with Crippen molar-refractivity contribution >= 4 is 16.3 Å². The first kappa shape index (κ1) is 16.5. The fourth-order valence-corrected chi connectivity index (χ4v) is 4.60. The van der Waals surface area contributed by atoms with Crippen LogP contribution in [0.3, 0.4) is 0 Å². The maximum Gasteiger partial charge on any atom is 0.230 e. The van der Waals surface area contributed by atoms with Crippen LogP contribution in [-0.4, -0.2) is 37.7 Å². The lowest BCUT2D eigenvalue weighted by Crippen LogP contribution is -2.34. The lowest BCUT2D eigenvalue weighted by molar-refractivity contribution is 0.186. The van der Waals surface area contributed by atoms with Crippen LogP contribution in [0.4, 0.5) is 4.39 Å². The number of likely N-dealkylation sites (tertiary alicyclic amines) is 1. The van der Waals surface area contributed by atoms with E-state index in [0.717, 1.165) is 48.6 Å². The minimum absolute atomic E-state index is 0.0977. The summed E-state index contributed by atoms with van der Waals surface area (Å²) < 4.78 is 14.9. The molecule has 4 rings (SSSR count). The van der Waals surface area contributed by atoms with E-state index in [0.29, 0.717) is 4.96 Å². The Morgan fingerprint density at radius 2 is 1.92 bits per heavy atom. The summed E-state index contributed by atoms with van der Waals surface area (Å²) in [6, 6.07) is 6.48. The molecule has 1 fully saturated rings. The van der Waals surface area contributed by atoms with Gasteiger partial charge in [-0.05, 0) is 43.6 Å². The molecule has 0 amide bonds. The Balaban J connectivity index is 1.80. The highest BCUT2D eigenvalue weighted by Crippen LogP contribution is 2.40. The summed E-state index contributed by atoms with van der Waals surface area (Å²) >= 11 is 1.46. The molecular weight excluding hydrogens is 339 g/mol. The van der Waals surface area contributed by atoms with E-state index in [-0.39, 0.29) is 17.7 Å². The number of hydrogen-bond acceptors (Lipinski definition) is 5. The second kappa shape index (κ2) is 6.72. The summed E-state index contributed by atoms with van der Waals surface area (Å²) in [6.45, 7) is 3.93. The number of thiazole rings is 1. The van der Waals surface area contributed by atoms with E-state index in [1.165, 1.54) is 34.4 Å². The SMILES string of the molecule is CCc1nc2sc([C@H](c3ccc(F)cc3)N3CCCCC3)c(O)n2n1. The summed E-state index contributed by atoms with van der Waals surface area (Å²) in [7, 11) is 0. The van der Waals surface area contributed by atoms with Crippen molar-refractivity contribution in [1.82, 2.24) is 19.5 Å². The average Bonchev–Trinajstić information content (AvgIpc) is 3.18. The third-order valence-corrected chi connectivity index (χ3v) is 5.82. The Bertz CT molecular complexity index is 867. The number of rotatable bonds is 4. The monoisotopic (exact) mass is 360 g/mol. The van der Waals surface area contributed by atoms with Gasteiger partial charge in [0.2, 0.25) is 10.8 Å². The van der Waals surface area contributed by atoms with E-state index in [2.05, 4.69) is 15.0 Å². The molecule has 1 N–H and O–H groups in total. The number of aromatic hydroxyl groups is 1. The minimum atomic E-state index is -0.249. The lowest BCUT2D eigenvalue weighted by atomic mass is 10.0. The molecule has 1 aliphatic heterocycles. The van der Waals surface area contributed by atoms with Crippen molar-refractivity contribution in [3.8, 4) is 5.88 Å². The molecule has 7 heteroatoms. The summed E-state index contributed by atoms with van der Waals surface area (Å²) in [5, 5.41) is 15.2. The fourth-order valence-electron chi connectivity index (χ4n) is 3.47. The van der Waals surface area contributed by atoms with Gasteiger partial charge in [-0.2, -0.15) is 4.52 Å². The first-order valence-corrected chi connectivity index (χ1v) is 9.56. The highest BCUT2D eigenvalue weighted by atomic mass is 32.1. The Morgan fingerprint density at radius 3 is 2.56 bits per heavy atom. The van der Waals surface area contributed by atoms with Crippen LogP contribution < -0.4 is 0 Å². The number of benzene rings is 1. The van der Waals surface area contributed by atoms with Gasteiger partial charge in [-0.15, -0.1) is 5.10 Å². The van der Waals surface area contributed by atoms with Gasteiger partial charge < -0.3 is 5.11 Å². The van der Waals surface area contributed by atoms with E-state index in [1.807, 2.05) is 6.92 Å². The van der Waals surface area contributed by atoms with Crippen molar-refractivity contribution < 1.29 is 9.50 Å². The van der Waals surface area contributed by atoms with Gasteiger partial charge in [-0.3, -0.25) is 4.90 Å². The maximum absolute atomic E-state index is 13.4. The molecule has 25 heavy (non-hydrogen) atoms. The molecule has 1 saturated heterocycles. The highest BCUT2D eigenvalue weighted by Gasteiger charge is 2.30. The van der Waals surface area contributed by atoms with Crippen molar-refractivity contribution in [3.63, 3.8) is 0 Å². The van der Waals surface area contributed by atoms with E-state index in [9.17, 15) is 9.50 Å². The molecule has 3 heterocycles. The quantitative estimate of drug-likeness (QED) is 0.769. The molecule has 1 atom stereocenters. The van der Waals surface area contributed by atoms with Gasteiger partial charge in [-0.25, -0.2) is 9.37 Å². The molecule has 0 unspecified atom stereocenters. The standard InChI is InChI=1S/C18H21FN4OS/c1-2-14-20-18-23(21-14)17(24)16(25-18)15(22-10-4-3-5-11-22)12-6-8-13(19)9-7-12/h6-9,15,24H,2-5,10-11H2,1H3/t15-/m0/s1. The molecule has 1 aromatic carbocycles. The zero-order chi connectivity index (χ0) is 17.4. The number of aryl methyl sites for hydroxylation is 1. The van der Waals surface area contributed by atoms with Gasteiger partial charge in [0.25, 0.3) is 0 Å². The third-order valence-electron chi connectivity index (χ3n) is 4.75. The van der Waals surface area contributed by atoms with Crippen LogP contribution >= 0.6 is 11.3 Å². The molecule has 0 aliphatic carbocycles. The Hall–Kier alpha value is -1.99. The number of halogens is 1. The zero-order valence-corrected chi connectivity index (χ0v) is 15.0. The topological polar surface area (TPSA) is 53.7 Å². The first-order valence-electron chi connectivity index (χ1n) is 8.74. The van der Waals surface area contributed by atoms with Gasteiger partial charge in [0.1, 0.15) is 5.82 Å². The van der Waals surface area contributed by atoms with Crippen molar-refractivity contribution in [2.75, 3.05) is 13.1 Å². The van der Waals surface area contributed by atoms with Gasteiger partial charge in [-0.1, -0.05) is 36.8 Å². The molecular formula is C18H21FN4OS. The van der Waals surface area contributed by atoms with E-state index < -0.39 is 0 Å². The molecule has 0 saturated carbocycles. The summed E-state index contributed by atoms with van der Waals surface area (Å²) in [4.78, 5) is 8.37. The Morgan fingerprint density at radius 1 is 1.20 bits per heavy atom. The van der Waals surface area contributed by atoms with Crippen LogP contribution in [0, 0.1) is 5.82 Å². The molecule has 5 nitrogen and oxygen atoms in total. The van der Waals surface area contributed by atoms with Crippen LogP contribution in [0.15, 0.2) is 24.3 Å². The van der Waals surface area contributed by atoms with Crippen molar-refractivity contribution in [2.24, 2.45) is 0 Å². The number of hydrogen-bond donors (Lipinski definition) is 1. The normalized spacial score (nSPS) is 17.2. The van der Waals surface area contributed by atoms with Crippen LogP contribution in [0.2, 0.25) is 0 Å². The highest BCUT2D eigenvalue weighted by molar-refractivity contribution is 7.17. The van der Waals surface area contributed by atoms with Gasteiger partial charge >= 0.3 is 0 Å². The second-order valence-electron chi connectivity index (χ2n) is 6.42. The van der Waals surface area contributed by atoms with Gasteiger partial charge in [0.05, 0.1) is 10.9 Å². The van der Waals surface area contributed by atoms with E-state index in [4.69, 9.17) is 0 Å². The fraction of sp³-hybridized carbons (Fsp3) is 0.444. The summed E-state index contributed by atoms with van der Waals surface area (Å²) in [6.07, 6.45) is 4.24. The molecule has 3 aromatic rings. The van der Waals surface area contributed by atoms with Crippen molar-refractivity contribution in [1.29, 1.82) is 0 Å². The number of nitrogens with zero attached hydrogens (tertiary/aromatic N) is 4. The maximum atomic E-state index is 13.4. The smallest absolute Gasteiger partial charge is 0.230 e. The Kier molecular flexibility index (Phi) is 4.43. The lowest BCUT2D eigenvalue weighted by Gasteiger charge is -2.34. The van der Waals surface area contributed by atoms with Gasteiger partial charge in [0, 0.05) is 6.42 Å². The molecule has 0 spiro atoms. The summed E-state index contributed by atoms with van der Waals surface area (Å²) in [5.41, 5.74) is 0.985. The van der Waals surface area contributed by atoms with Crippen LogP contribution in [0.25, 0.3) is 4.96 Å². The molecule has 132 valence electrons. The predicted octanol–water partition coefficient (Wildman–Crippen LogP) is 3.77. The van der Waals surface area contributed by atoms with Crippen molar-refractivity contribution in [3.05, 3.63) is 46.3 Å². The molecule has 1 aliphatic rings. The Labute approximate surface area is 149 Å². The summed E-state index contributed by atoms with van der Waals surface area (Å²) in [5.74, 6) is 0.622. The third kappa shape index (κ3) is 3.02. The van der Waals surface area contributed by atoms with Crippen molar-refractivity contribution in [2.45, 2.75) is 38.6 Å². The average molecular weight is 360 g/mol. The first-order chi connectivity index (χ1) is 12.2. The van der Waals surface area contributed by atoms with Crippen LogP contribution in [-0.2, 0) is 6.42 Å². The molecule has 0 bridgehead atoms. The largest absolute Gasteiger partial charge is 0.492 e. The molecule has 0 radical (unpaired) electrons. The number of piperidine rings is 1. The zero-order valence-electron chi connectivity index (χ0n) is 14.2. The molecule has 2 aromatic heterocycles. The predicted molar refractivity (Wildman–Crippen MR) is 95.6 cm³/mol. The number of aromatic nitrogens is 3.